The van der Waals surface area contributed by atoms with Crippen LogP contribution in [0.1, 0.15) is 80.6 Å². The highest BCUT2D eigenvalue weighted by atomic mass is 16.7. The molecule has 2 aliphatic heterocycles. The van der Waals surface area contributed by atoms with Gasteiger partial charge < -0.3 is 39.0 Å². The van der Waals surface area contributed by atoms with E-state index >= 15 is 0 Å². The lowest BCUT2D eigenvalue weighted by Gasteiger charge is -2.68. The summed E-state index contributed by atoms with van der Waals surface area (Å²) >= 11 is 0. The van der Waals surface area contributed by atoms with E-state index in [2.05, 4.69) is 6.58 Å². The van der Waals surface area contributed by atoms with E-state index in [1.165, 1.54) is 6.08 Å². The number of carbonyl (C=O) groups is 4. The molecule has 5 unspecified atom stereocenters. The van der Waals surface area contributed by atoms with E-state index in [1.54, 1.807) is 54.5 Å². The minimum absolute atomic E-state index is 0.0785. The van der Waals surface area contributed by atoms with Gasteiger partial charge in [-0.25, -0.2) is 9.59 Å². The number of allylic oxidation sites excluding steroid dienone is 2. The minimum atomic E-state index is -2.22. The molecule has 0 amide bonds. The Morgan fingerprint density at radius 1 is 1.17 bits per heavy atom. The molecule has 48 heavy (non-hydrogen) atoms. The van der Waals surface area contributed by atoms with Gasteiger partial charge in [0.2, 0.25) is 6.10 Å². The first-order valence-corrected chi connectivity index (χ1v) is 17.2. The summed E-state index contributed by atoms with van der Waals surface area (Å²) < 4.78 is 29.2. The summed E-state index contributed by atoms with van der Waals surface area (Å²) in [6.45, 7) is 15.9. The fourth-order valence-corrected chi connectivity index (χ4v) is 10.1. The van der Waals surface area contributed by atoms with E-state index in [0.29, 0.717) is 12.0 Å². The zero-order valence-electron chi connectivity index (χ0n) is 29.1. The van der Waals surface area contributed by atoms with Crippen molar-refractivity contribution < 1.29 is 58.2 Å². The van der Waals surface area contributed by atoms with Crippen LogP contribution in [0.5, 0.6) is 0 Å². The molecule has 2 saturated heterocycles. The number of aliphatic hydroxyl groups excluding tert-OH is 1. The molecule has 3 aliphatic carbocycles. The van der Waals surface area contributed by atoms with Crippen molar-refractivity contribution >= 4 is 23.9 Å². The van der Waals surface area contributed by atoms with Gasteiger partial charge in [0.15, 0.2) is 17.7 Å². The molecule has 12 heteroatoms. The fraction of sp³-hybridized carbons (Fsp3) is 0.778. The molecule has 2 heterocycles. The summed E-state index contributed by atoms with van der Waals surface area (Å²) in [6.07, 6.45) is -1.27. The monoisotopic (exact) mass is 676 g/mol. The fourth-order valence-electron chi connectivity index (χ4n) is 10.1. The highest BCUT2D eigenvalue weighted by Crippen LogP contribution is 2.74. The SMILES string of the molecule is C=CCCCCOC(=O)O[C@@H]1C(=O)C=C(C)[C@@H]2C[C@H]3OC(=O)C(OC(=O)CC(O)(C(C)C)C(C)C)C4C(C)[C@@H](O)[C@]5(O)OC[C@@]43C5C12C. The summed E-state index contributed by atoms with van der Waals surface area (Å²) in [6, 6.07) is 0. The van der Waals surface area contributed by atoms with Gasteiger partial charge in [0.1, 0.15) is 12.2 Å². The Morgan fingerprint density at radius 3 is 2.46 bits per heavy atom. The van der Waals surface area contributed by atoms with Crippen molar-refractivity contribution in [3.63, 3.8) is 0 Å². The topological polar surface area (TPSA) is 175 Å². The molecule has 0 aromatic rings. The maximum atomic E-state index is 13.8. The lowest BCUT2D eigenvalue weighted by molar-refractivity contribution is -0.340. The molecule has 2 saturated carbocycles. The van der Waals surface area contributed by atoms with E-state index in [4.69, 9.17) is 23.7 Å². The van der Waals surface area contributed by atoms with Crippen LogP contribution in [0.15, 0.2) is 24.3 Å². The second-order valence-electron chi connectivity index (χ2n) is 15.6. The Balaban J connectivity index is 1.54. The second-order valence-corrected chi connectivity index (χ2v) is 15.6. The Hall–Kier alpha value is -2.80. The first-order valence-electron chi connectivity index (χ1n) is 17.2. The zero-order valence-corrected chi connectivity index (χ0v) is 29.1. The van der Waals surface area contributed by atoms with Gasteiger partial charge in [0.25, 0.3) is 0 Å². The van der Waals surface area contributed by atoms with Crippen LogP contribution in [0, 0.1) is 46.3 Å². The van der Waals surface area contributed by atoms with Gasteiger partial charge in [0.05, 0.1) is 25.2 Å². The van der Waals surface area contributed by atoms with Crippen LogP contribution in [0.3, 0.4) is 0 Å². The molecule has 0 aromatic heterocycles. The highest BCUT2D eigenvalue weighted by Gasteiger charge is 2.84. The normalized spacial score (nSPS) is 40.0. The summed E-state index contributed by atoms with van der Waals surface area (Å²) in [5, 5.41) is 35.4. The van der Waals surface area contributed by atoms with Crippen LogP contribution in [-0.4, -0.2) is 88.2 Å². The molecular weight excluding hydrogens is 624 g/mol. The third-order valence-corrected chi connectivity index (χ3v) is 12.5. The van der Waals surface area contributed by atoms with Crippen LogP contribution in [0.4, 0.5) is 4.79 Å². The van der Waals surface area contributed by atoms with Crippen molar-refractivity contribution in [2.45, 2.75) is 116 Å². The summed E-state index contributed by atoms with van der Waals surface area (Å²) in [7, 11) is 0. The van der Waals surface area contributed by atoms with Crippen LogP contribution in [0.25, 0.3) is 0 Å². The van der Waals surface area contributed by atoms with Gasteiger partial charge in [-0.3, -0.25) is 9.59 Å². The van der Waals surface area contributed by atoms with Crippen LogP contribution in [0.2, 0.25) is 0 Å². The Bertz CT molecular complexity index is 1350. The average molecular weight is 677 g/mol. The highest BCUT2D eigenvalue weighted by molar-refractivity contribution is 5.97. The quantitative estimate of drug-likeness (QED) is 0.126. The van der Waals surface area contributed by atoms with Crippen molar-refractivity contribution in [1.29, 1.82) is 0 Å². The number of ketones is 1. The molecule has 268 valence electrons. The predicted molar refractivity (Wildman–Crippen MR) is 170 cm³/mol. The van der Waals surface area contributed by atoms with Gasteiger partial charge in [-0.15, -0.1) is 6.58 Å². The van der Waals surface area contributed by atoms with Crippen molar-refractivity contribution in [2.24, 2.45) is 46.3 Å². The Morgan fingerprint density at radius 2 is 1.83 bits per heavy atom. The number of hydrogen-bond donors (Lipinski definition) is 3. The molecule has 0 aromatic carbocycles. The van der Waals surface area contributed by atoms with Crippen molar-refractivity contribution in [1.82, 2.24) is 0 Å². The molecule has 5 aliphatic rings. The van der Waals surface area contributed by atoms with Gasteiger partial charge in [0, 0.05) is 22.7 Å². The number of aliphatic hydroxyl groups is 3. The maximum Gasteiger partial charge on any atom is 0.509 e. The lowest BCUT2D eigenvalue weighted by atomic mass is 9.38. The van der Waals surface area contributed by atoms with E-state index in [-0.39, 0.29) is 37.9 Å². The summed E-state index contributed by atoms with van der Waals surface area (Å²) in [5.74, 6) is -8.28. The number of rotatable bonds is 11. The third kappa shape index (κ3) is 5.32. The lowest BCUT2D eigenvalue weighted by Crippen LogP contribution is -2.78. The molecular formula is C36H52O12. The summed E-state index contributed by atoms with van der Waals surface area (Å²) in [5.41, 5.74) is -3.35. The first-order chi connectivity index (χ1) is 22.4. The molecule has 0 radical (unpaired) electrons. The van der Waals surface area contributed by atoms with Crippen LogP contribution in [-0.2, 0) is 38.1 Å². The minimum Gasteiger partial charge on any atom is -0.459 e. The Labute approximate surface area is 282 Å². The van der Waals surface area contributed by atoms with E-state index < -0.39 is 94.2 Å². The molecule has 1 spiro atoms. The number of ether oxygens (including phenoxy) is 5. The number of unbranched alkanes of at least 4 members (excludes halogenated alkanes) is 2. The zero-order chi connectivity index (χ0) is 35.6. The van der Waals surface area contributed by atoms with Crippen molar-refractivity contribution in [3.8, 4) is 0 Å². The van der Waals surface area contributed by atoms with E-state index in [9.17, 15) is 34.5 Å². The number of esters is 2. The second kappa shape index (κ2) is 12.8. The van der Waals surface area contributed by atoms with Gasteiger partial charge >= 0.3 is 18.1 Å². The largest absolute Gasteiger partial charge is 0.509 e. The first kappa shape index (κ1) is 36.5. The number of hydrogen-bond acceptors (Lipinski definition) is 12. The van der Waals surface area contributed by atoms with Crippen molar-refractivity contribution in [3.05, 3.63) is 24.3 Å². The van der Waals surface area contributed by atoms with Gasteiger partial charge in [-0.2, -0.15) is 0 Å². The predicted octanol–water partition coefficient (Wildman–Crippen LogP) is 3.64. The average Bonchev–Trinajstić information content (AvgIpc) is 3.29. The standard InChI is InChI=1S/C36H52O12/c1-9-10-11-12-13-44-32(41)48-29-23(37)14-20(6)22-15-24-34-17-45-36(43,31(34)33(22,29)8)28(39)21(7)26(34)27(30(40)46-24)47-25(38)16-35(42,18(2)3)19(4)5/h9,14,18-19,21-22,24,26-29,31,39,42-43H,1,10-13,15-17H2,2-8H3/t21?,22-,24+,26?,27?,28+,29+,31?,33?,34-,36-/m0/s1. The molecule has 11 atom stereocenters. The molecule has 5 rings (SSSR count). The molecule has 4 fully saturated rings. The molecule has 2 bridgehead atoms. The van der Waals surface area contributed by atoms with E-state index in [0.717, 1.165) is 12.8 Å². The van der Waals surface area contributed by atoms with Crippen LogP contribution < -0.4 is 0 Å². The number of carbonyl (C=O) groups excluding carboxylic acids is 4. The van der Waals surface area contributed by atoms with Crippen molar-refractivity contribution in [2.75, 3.05) is 13.2 Å². The van der Waals surface area contributed by atoms with Crippen LogP contribution >= 0.6 is 0 Å². The number of fused-ring (bicyclic) bond motifs is 1. The van der Waals surface area contributed by atoms with Gasteiger partial charge in [-0.05, 0) is 62.4 Å². The molecule has 3 N–H and O–H groups in total. The maximum absolute atomic E-state index is 13.8. The third-order valence-electron chi connectivity index (χ3n) is 12.5. The smallest absolute Gasteiger partial charge is 0.459 e. The van der Waals surface area contributed by atoms with Gasteiger partial charge in [-0.1, -0.05) is 53.2 Å². The van der Waals surface area contributed by atoms with E-state index in [1.807, 2.05) is 0 Å². The Kier molecular flexibility index (Phi) is 9.75. The molecule has 12 nitrogen and oxygen atoms in total. The summed E-state index contributed by atoms with van der Waals surface area (Å²) in [4.78, 5) is 54.0.